The van der Waals surface area contributed by atoms with Crippen molar-refractivity contribution in [3.05, 3.63) is 95.0 Å². The van der Waals surface area contributed by atoms with Crippen LogP contribution in [0.25, 0.3) is 0 Å². The van der Waals surface area contributed by atoms with E-state index in [-0.39, 0.29) is 11.0 Å². The Labute approximate surface area is 177 Å². The molecule has 2 N–H and O–H groups in total. The van der Waals surface area contributed by atoms with Gasteiger partial charge in [-0.1, -0.05) is 95.8 Å². The molecule has 3 aromatic rings. The molecule has 0 fully saturated rings. The fourth-order valence-electron chi connectivity index (χ4n) is 2.15. The average molecular weight is 428 g/mol. The lowest BCUT2D eigenvalue weighted by atomic mass is 10.2. The van der Waals surface area contributed by atoms with Gasteiger partial charge in [-0.2, -0.15) is 0 Å². The zero-order valence-corrected chi connectivity index (χ0v) is 17.3. The zero-order chi connectivity index (χ0) is 19.6. The van der Waals surface area contributed by atoms with Gasteiger partial charge in [-0.25, -0.2) is 4.98 Å². The molecule has 0 spiro atoms. The van der Waals surface area contributed by atoms with E-state index < -0.39 is 0 Å². The van der Waals surface area contributed by atoms with Gasteiger partial charge in [0.1, 0.15) is 10.8 Å². The Kier molecular flexibility index (Phi) is 7.90. The fraction of sp³-hybridized carbons (Fsp3) is 0.100. The third-order valence-corrected chi connectivity index (χ3v) is 6.02. The van der Waals surface area contributed by atoms with E-state index in [4.69, 9.17) is 17.3 Å². The second-order valence-electron chi connectivity index (χ2n) is 5.63. The standard InChI is InChI=1S/C20H18ClN5S2/c21-18-12-23-11-17(24-18)19(22)25-26-20(27-13-15-7-3-1-4-8-15)28-14-16-9-5-2-6-10-16/h1-12H,13-14H2,(H2,22,25). The van der Waals surface area contributed by atoms with Crippen LogP contribution in [0.4, 0.5) is 0 Å². The van der Waals surface area contributed by atoms with E-state index >= 15 is 0 Å². The maximum absolute atomic E-state index is 5.99. The van der Waals surface area contributed by atoms with Crippen LogP contribution in [0.5, 0.6) is 0 Å². The second kappa shape index (κ2) is 10.8. The highest BCUT2D eigenvalue weighted by Gasteiger charge is 2.06. The summed E-state index contributed by atoms with van der Waals surface area (Å²) in [5.74, 6) is 1.77. The highest BCUT2D eigenvalue weighted by atomic mass is 35.5. The van der Waals surface area contributed by atoms with Gasteiger partial charge in [0.15, 0.2) is 10.2 Å². The predicted molar refractivity (Wildman–Crippen MR) is 121 cm³/mol. The van der Waals surface area contributed by atoms with Gasteiger partial charge in [-0.3, -0.25) is 4.98 Å². The van der Waals surface area contributed by atoms with Gasteiger partial charge < -0.3 is 5.73 Å². The van der Waals surface area contributed by atoms with E-state index in [1.165, 1.54) is 23.5 Å². The van der Waals surface area contributed by atoms with Crippen molar-refractivity contribution >= 4 is 45.3 Å². The quantitative estimate of drug-likeness (QED) is 0.341. The third kappa shape index (κ3) is 6.67. The molecule has 0 saturated heterocycles. The van der Waals surface area contributed by atoms with Crippen molar-refractivity contribution in [2.75, 3.05) is 0 Å². The molecule has 0 atom stereocenters. The lowest BCUT2D eigenvalue weighted by Gasteiger charge is -2.06. The smallest absolute Gasteiger partial charge is 0.173 e. The first kappa shape index (κ1) is 20.4. The molecule has 0 unspecified atom stereocenters. The monoisotopic (exact) mass is 427 g/mol. The van der Waals surface area contributed by atoms with Crippen LogP contribution in [0.3, 0.4) is 0 Å². The summed E-state index contributed by atoms with van der Waals surface area (Å²) in [7, 11) is 0. The van der Waals surface area contributed by atoms with Gasteiger partial charge in [-0.15, -0.1) is 10.2 Å². The molecule has 1 heterocycles. The van der Waals surface area contributed by atoms with Crippen molar-refractivity contribution in [1.82, 2.24) is 9.97 Å². The van der Waals surface area contributed by atoms with Crippen molar-refractivity contribution in [3.63, 3.8) is 0 Å². The van der Waals surface area contributed by atoms with Crippen molar-refractivity contribution in [3.8, 4) is 0 Å². The van der Waals surface area contributed by atoms with Gasteiger partial charge in [0, 0.05) is 11.5 Å². The summed E-state index contributed by atoms with van der Waals surface area (Å²) in [6.07, 6.45) is 2.95. The number of rotatable bonds is 6. The summed E-state index contributed by atoms with van der Waals surface area (Å²) in [5, 5.41) is 8.76. The van der Waals surface area contributed by atoms with Crippen LogP contribution in [0.15, 0.2) is 83.3 Å². The molecule has 142 valence electrons. The van der Waals surface area contributed by atoms with Gasteiger partial charge >= 0.3 is 0 Å². The molecule has 2 aromatic carbocycles. The average Bonchev–Trinajstić information content (AvgIpc) is 2.74. The summed E-state index contributed by atoms with van der Waals surface area (Å²) in [6, 6.07) is 20.5. The summed E-state index contributed by atoms with van der Waals surface area (Å²) in [4.78, 5) is 8.07. The van der Waals surface area contributed by atoms with Crippen LogP contribution in [-0.4, -0.2) is 20.2 Å². The van der Waals surface area contributed by atoms with E-state index in [9.17, 15) is 0 Å². The van der Waals surface area contributed by atoms with E-state index in [2.05, 4.69) is 44.4 Å². The molecule has 0 bridgehead atoms. The van der Waals surface area contributed by atoms with E-state index in [1.54, 1.807) is 23.5 Å². The van der Waals surface area contributed by atoms with Gasteiger partial charge in [0.25, 0.3) is 0 Å². The molecule has 0 aliphatic rings. The van der Waals surface area contributed by atoms with Gasteiger partial charge in [0.05, 0.1) is 12.4 Å². The van der Waals surface area contributed by atoms with Crippen LogP contribution in [0.1, 0.15) is 16.8 Å². The molecule has 3 rings (SSSR count). The molecule has 0 saturated carbocycles. The number of halogens is 1. The topological polar surface area (TPSA) is 76.5 Å². The highest BCUT2D eigenvalue weighted by Crippen LogP contribution is 2.25. The molecular formula is C20H18ClN5S2. The Morgan fingerprint density at radius 3 is 1.96 bits per heavy atom. The number of nitrogens with two attached hydrogens (primary N) is 1. The third-order valence-electron chi connectivity index (χ3n) is 3.52. The Morgan fingerprint density at radius 2 is 1.43 bits per heavy atom. The minimum atomic E-state index is 0.174. The molecule has 0 radical (unpaired) electrons. The molecule has 0 aliphatic carbocycles. The normalized spacial score (nSPS) is 11.2. The molecule has 1 aromatic heterocycles. The number of thioether (sulfide) groups is 2. The lowest BCUT2D eigenvalue weighted by Crippen LogP contribution is -2.15. The highest BCUT2D eigenvalue weighted by molar-refractivity contribution is 8.38. The second-order valence-corrected chi connectivity index (χ2v) is 8.20. The Balaban J connectivity index is 1.73. The number of aromatic nitrogens is 2. The summed E-state index contributed by atoms with van der Waals surface area (Å²) in [5.41, 5.74) is 8.83. The summed E-state index contributed by atoms with van der Waals surface area (Å²) >= 11 is 9.10. The van der Waals surface area contributed by atoms with Crippen LogP contribution >= 0.6 is 35.1 Å². The molecular weight excluding hydrogens is 410 g/mol. The first-order valence-electron chi connectivity index (χ1n) is 8.43. The fourth-order valence-corrected chi connectivity index (χ4v) is 4.15. The number of hydrogen-bond acceptors (Lipinski definition) is 6. The van der Waals surface area contributed by atoms with Crippen molar-refractivity contribution in [1.29, 1.82) is 0 Å². The number of amidine groups is 1. The van der Waals surface area contributed by atoms with Crippen LogP contribution in [0, 0.1) is 0 Å². The van der Waals surface area contributed by atoms with E-state index in [0.717, 1.165) is 15.9 Å². The van der Waals surface area contributed by atoms with E-state index in [1.807, 2.05) is 36.4 Å². The molecule has 5 nitrogen and oxygen atoms in total. The molecule has 8 heteroatoms. The largest absolute Gasteiger partial charge is 0.380 e. The van der Waals surface area contributed by atoms with Crippen LogP contribution in [-0.2, 0) is 11.5 Å². The summed E-state index contributed by atoms with van der Waals surface area (Å²) in [6.45, 7) is 0. The Morgan fingerprint density at radius 1 is 0.857 bits per heavy atom. The zero-order valence-electron chi connectivity index (χ0n) is 14.9. The first-order chi connectivity index (χ1) is 13.7. The van der Waals surface area contributed by atoms with Crippen molar-refractivity contribution in [2.45, 2.75) is 11.5 Å². The Hall–Kier alpha value is -2.35. The molecule has 0 amide bonds. The lowest BCUT2D eigenvalue weighted by molar-refractivity contribution is 1.15. The molecule has 0 aliphatic heterocycles. The maximum atomic E-state index is 5.99. The van der Waals surface area contributed by atoms with Crippen molar-refractivity contribution < 1.29 is 0 Å². The van der Waals surface area contributed by atoms with E-state index in [0.29, 0.717) is 5.69 Å². The summed E-state index contributed by atoms with van der Waals surface area (Å²) < 4.78 is 0.825. The predicted octanol–water partition coefficient (Wildman–Crippen LogP) is 4.97. The van der Waals surface area contributed by atoms with Gasteiger partial charge in [0.2, 0.25) is 0 Å². The number of nitrogens with zero attached hydrogens (tertiary/aromatic N) is 4. The molecule has 28 heavy (non-hydrogen) atoms. The first-order valence-corrected chi connectivity index (χ1v) is 10.8. The van der Waals surface area contributed by atoms with Crippen LogP contribution < -0.4 is 5.73 Å². The SMILES string of the molecule is N/C(=N/N=C(SCc1ccccc1)SCc1ccccc1)c1cncc(Cl)n1. The van der Waals surface area contributed by atoms with Crippen LogP contribution in [0.2, 0.25) is 5.15 Å². The number of hydrogen-bond donors (Lipinski definition) is 1. The maximum Gasteiger partial charge on any atom is 0.173 e. The minimum Gasteiger partial charge on any atom is -0.380 e. The van der Waals surface area contributed by atoms with Gasteiger partial charge in [-0.05, 0) is 11.1 Å². The minimum absolute atomic E-state index is 0.174. The Bertz CT molecular complexity index is 904. The number of benzene rings is 2. The van der Waals surface area contributed by atoms with Crippen molar-refractivity contribution in [2.24, 2.45) is 15.9 Å².